The van der Waals surface area contributed by atoms with Crippen molar-refractivity contribution in [3.05, 3.63) is 30.3 Å². The molecule has 2 rings (SSSR count). The van der Waals surface area contributed by atoms with Crippen molar-refractivity contribution in [2.24, 2.45) is 15.7 Å². The van der Waals surface area contributed by atoms with Crippen molar-refractivity contribution in [3.8, 4) is 5.75 Å². The highest BCUT2D eigenvalue weighted by Gasteiger charge is 2.56. The van der Waals surface area contributed by atoms with Crippen molar-refractivity contribution in [2.75, 3.05) is 7.05 Å². The van der Waals surface area contributed by atoms with Gasteiger partial charge in [0.25, 0.3) is 5.91 Å². The van der Waals surface area contributed by atoms with Gasteiger partial charge in [-0.05, 0) is 19.1 Å². The Hall–Kier alpha value is -2.25. The summed E-state index contributed by atoms with van der Waals surface area (Å²) >= 11 is 0. The van der Waals surface area contributed by atoms with Gasteiger partial charge in [0.05, 0.1) is 11.4 Å². The third kappa shape index (κ3) is 2.97. The molecule has 1 aliphatic heterocycles. The first-order chi connectivity index (χ1) is 10.7. The lowest BCUT2D eigenvalue weighted by Crippen LogP contribution is -2.63. The highest BCUT2D eigenvalue weighted by molar-refractivity contribution is 6.34. The maximum absolute atomic E-state index is 12.6. The van der Waals surface area contributed by atoms with E-state index >= 15 is 0 Å². The maximum Gasteiger partial charge on any atom is 0.276 e. The zero-order chi connectivity index (χ0) is 17.3. The number of amides is 1. The Bertz CT molecular complexity index is 649. The Balaban J connectivity index is 2.42. The van der Waals surface area contributed by atoms with Gasteiger partial charge in [0.1, 0.15) is 0 Å². The standard InChI is InChI=1S/C16H22N4O3/c1-11(18-23-12-9-7-6-8-10-12)16(19-22)13(15(2,3)4)17-20(5)14(16)21/h6-10,19,22H,1-5H3. The Morgan fingerprint density at radius 2 is 1.96 bits per heavy atom. The summed E-state index contributed by atoms with van der Waals surface area (Å²) in [4.78, 5) is 18.0. The molecule has 0 spiro atoms. The van der Waals surface area contributed by atoms with E-state index in [9.17, 15) is 10.0 Å². The van der Waals surface area contributed by atoms with Gasteiger partial charge in [0, 0.05) is 12.5 Å². The van der Waals surface area contributed by atoms with Crippen LogP contribution in [0.1, 0.15) is 27.7 Å². The number of likely N-dealkylation sites (N-methyl/N-ethyl adjacent to an activating group) is 1. The number of para-hydroxylation sites is 1. The van der Waals surface area contributed by atoms with E-state index in [1.807, 2.05) is 39.0 Å². The van der Waals surface area contributed by atoms with Crippen LogP contribution in [0.3, 0.4) is 0 Å². The summed E-state index contributed by atoms with van der Waals surface area (Å²) in [6, 6.07) is 8.99. The van der Waals surface area contributed by atoms with E-state index in [1.165, 1.54) is 5.01 Å². The predicted octanol–water partition coefficient (Wildman–Crippen LogP) is 2.03. The average Bonchev–Trinajstić information content (AvgIpc) is 2.79. The van der Waals surface area contributed by atoms with Crippen LogP contribution < -0.4 is 10.3 Å². The Labute approximate surface area is 135 Å². The molecule has 1 aromatic carbocycles. The van der Waals surface area contributed by atoms with Gasteiger partial charge < -0.3 is 10.0 Å². The number of hydroxylamine groups is 1. The van der Waals surface area contributed by atoms with Gasteiger partial charge in [-0.2, -0.15) is 10.6 Å². The Morgan fingerprint density at radius 3 is 2.48 bits per heavy atom. The van der Waals surface area contributed by atoms with Gasteiger partial charge in [-0.1, -0.05) is 44.1 Å². The summed E-state index contributed by atoms with van der Waals surface area (Å²) in [5.41, 5.74) is 0.873. The fourth-order valence-corrected chi connectivity index (χ4v) is 2.51. The van der Waals surface area contributed by atoms with Gasteiger partial charge in [0.15, 0.2) is 5.75 Å². The molecule has 0 fully saturated rings. The number of oxime groups is 1. The van der Waals surface area contributed by atoms with Gasteiger partial charge in [-0.15, -0.1) is 0 Å². The van der Waals surface area contributed by atoms with Gasteiger partial charge in [-0.25, -0.2) is 5.01 Å². The molecule has 1 atom stereocenters. The lowest BCUT2D eigenvalue weighted by atomic mass is 9.75. The molecule has 0 saturated heterocycles. The summed E-state index contributed by atoms with van der Waals surface area (Å²) in [5, 5.41) is 19.3. The largest absolute Gasteiger partial charge is 0.357 e. The molecule has 0 aliphatic carbocycles. The molecule has 1 aliphatic rings. The fraction of sp³-hybridized carbons (Fsp3) is 0.438. The van der Waals surface area contributed by atoms with Crippen LogP contribution in [0, 0.1) is 5.41 Å². The monoisotopic (exact) mass is 318 g/mol. The van der Waals surface area contributed by atoms with E-state index in [-0.39, 0.29) is 5.71 Å². The van der Waals surface area contributed by atoms with E-state index in [2.05, 4.69) is 15.7 Å². The van der Waals surface area contributed by atoms with Crippen molar-refractivity contribution in [1.82, 2.24) is 10.5 Å². The number of benzene rings is 1. The minimum atomic E-state index is -1.53. The fourth-order valence-electron chi connectivity index (χ4n) is 2.51. The lowest BCUT2D eigenvalue weighted by Gasteiger charge is -2.32. The van der Waals surface area contributed by atoms with Crippen LogP contribution in [0.25, 0.3) is 0 Å². The second kappa shape index (κ2) is 6.10. The first kappa shape index (κ1) is 17.1. The van der Waals surface area contributed by atoms with E-state index in [1.54, 1.807) is 26.1 Å². The summed E-state index contributed by atoms with van der Waals surface area (Å²) in [5.74, 6) is 0.121. The number of rotatable bonds is 4. The summed E-state index contributed by atoms with van der Waals surface area (Å²) < 4.78 is 0. The molecule has 0 radical (unpaired) electrons. The topological polar surface area (TPSA) is 86.5 Å². The van der Waals surface area contributed by atoms with Gasteiger partial charge in [-0.3, -0.25) is 4.79 Å². The second-order valence-corrected chi connectivity index (χ2v) is 6.47. The highest BCUT2D eigenvalue weighted by Crippen LogP contribution is 2.32. The number of hydrogen-bond donors (Lipinski definition) is 2. The lowest BCUT2D eigenvalue weighted by molar-refractivity contribution is -0.133. The van der Waals surface area contributed by atoms with Crippen molar-refractivity contribution < 1.29 is 14.8 Å². The van der Waals surface area contributed by atoms with Crippen molar-refractivity contribution >= 4 is 17.3 Å². The molecular weight excluding hydrogens is 296 g/mol. The van der Waals surface area contributed by atoms with Crippen molar-refractivity contribution in [1.29, 1.82) is 0 Å². The Morgan fingerprint density at radius 1 is 1.35 bits per heavy atom. The van der Waals surface area contributed by atoms with Crippen LogP contribution in [-0.4, -0.2) is 40.1 Å². The van der Waals surface area contributed by atoms with Crippen molar-refractivity contribution in [3.63, 3.8) is 0 Å². The summed E-state index contributed by atoms with van der Waals surface area (Å²) in [7, 11) is 1.54. The zero-order valence-corrected chi connectivity index (χ0v) is 14.0. The number of nitrogens with one attached hydrogen (secondary N) is 1. The van der Waals surface area contributed by atoms with Gasteiger partial charge in [0.2, 0.25) is 5.54 Å². The van der Waals surface area contributed by atoms with Crippen LogP contribution >= 0.6 is 0 Å². The third-order valence-corrected chi connectivity index (χ3v) is 3.67. The summed E-state index contributed by atoms with van der Waals surface area (Å²) in [6.45, 7) is 7.35. The minimum absolute atomic E-state index is 0.270. The SMILES string of the molecule is CC(=NOc1ccccc1)C1(NO)C(=O)N(C)N=C1C(C)(C)C. The number of carbonyl (C=O) groups excluding carboxylic acids is 1. The van der Waals surface area contributed by atoms with Gasteiger partial charge >= 0.3 is 0 Å². The molecule has 23 heavy (non-hydrogen) atoms. The zero-order valence-electron chi connectivity index (χ0n) is 14.0. The molecule has 124 valence electrons. The van der Waals surface area contributed by atoms with Crippen LogP contribution in [0.2, 0.25) is 0 Å². The van der Waals surface area contributed by atoms with E-state index < -0.39 is 16.9 Å². The third-order valence-electron chi connectivity index (χ3n) is 3.67. The van der Waals surface area contributed by atoms with Crippen LogP contribution in [0.15, 0.2) is 40.6 Å². The molecular formula is C16H22N4O3. The molecule has 7 nitrogen and oxygen atoms in total. The molecule has 1 heterocycles. The maximum atomic E-state index is 12.6. The minimum Gasteiger partial charge on any atom is -0.357 e. The van der Waals surface area contributed by atoms with E-state index in [0.717, 1.165) is 0 Å². The normalized spacial score (nSPS) is 22.3. The van der Waals surface area contributed by atoms with E-state index in [4.69, 9.17) is 4.84 Å². The number of carbonyl (C=O) groups is 1. The molecule has 0 bridgehead atoms. The quantitative estimate of drug-likeness (QED) is 0.657. The number of nitrogens with zero attached hydrogens (tertiary/aromatic N) is 3. The summed E-state index contributed by atoms with van der Waals surface area (Å²) in [6.07, 6.45) is 0. The van der Waals surface area contributed by atoms with Crippen molar-refractivity contribution in [2.45, 2.75) is 33.2 Å². The molecule has 1 unspecified atom stereocenters. The second-order valence-electron chi connectivity index (χ2n) is 6.47. The highest BCUT2D eigenvalue weighted by atomic mass is 16.6. The van der Waals surface area contributed by atoms with E-state index in [0.29, 0.717) is 11.5 Å². The Kier molecular flexibility index (Phi) is 4.53. The average molecular weight is 318 g/mol. The number of hydrogen-bond acceptors (Lipinski definition) is 6. The molecule has 7 heteroatoms. The smallest absolute Gasteiger partial charge is 0.276 e. The predicted molar refractivity (Wildman–Crippen MR) is 87.5 cm³/mol. The first-order valence-corrected chi connectivity index (χ1v) is 7.29. The molecule has 0 saturated carbocycles. The molecule has 1 amide bonds. The van der Waals surface area contributed by atoms with Crippen LogP contribution in [0.5, 0.6) is 5.75 Å². The molecule has 2 N–H and O–H groups in total. The molecule has 0 aromatic heterocycles. The first-order valence-electron chi connectivity index (χ1n) is 7.29. The van der Waals surface area contributed by atoms with Crippen LogP contribution in [0.4, 0.5) is 0 Å². The molecule has 1 aromatic rings. The van der Waals surface area contributed by atoms with Crippen LogP contribution in [-0.2, 0) is 4.79 Å². The number of hydrazone groups is 1.